The molecule has 0 spiro atoms. The van der Waals surface area contributed by atoms with E-state index in [0.29, 0.717) is 37.4 Å². The Labute approximate surface area is 305 Å². The van der Waals surface area contributed by atoms with E-state index in [1.165, 1.54) is 4.90 Å². The largest absolute Gasteiger partial charge is 0.465 e. The number of halogens is 2. The zero-order valence-corrected chi connectivity index (χ0v) is 31.1. The van der Waals surface area contributed by atoms with Crippen molar-refractivity contribution in [3.05, 3.63) is 114 Å². The van der Waals surface area contributed by atoms with Gasteiger partial charge in [-0.05, 0) is 76.1 Å². The summed E-state index contributed by atoms with van der Waals surface area (Å²) in [6.45, 7) is 8.08. The number of rotatable bonds is 10. The molecule has 0 radical (unpaired) electrons. The van der Waals surface area contributed by atoms with Gasteiger partial charge >= 0.3 is 6.09 Å². The minimum absolute atomic E-state index is 0.00263. The average Bonchev–Trinajstić information content (AvgIpc) is 3.78. The molecule has 0 aliphatic carbocycles. The summed E-state index contributed by atoms with van der Waals surface area (Å²) >= 11 is 0. The maximum absolute atomic E-state index is 16.8. The summed E-state index contributed by atoms with van der Waals surface area (Å²) < 4.78 is 51.7. The zero-order chi connectivity index (χ0) is 36.7. The van der Waals surface area contributed by atoms with E-state index in [1.807, 2.05) is 109 Å². The Kier molecular flexibility index (Phi) is 9.79. The van der Waals surface area contributed by atoms with Crippen LogP contribution in [0.15, 0.2) is 97.1 Å². The minimum Gasteiger partial charge on any atom is -0.465 e. The van der Waals surface area contributed by atoms with Crippen LogP contribution in [0.1, 0.15) is 56.8 Å². The van der Waals surface area contributed by atoms with Gasteiger partial charge in [0.15, 0.2) is 11.5 Å². The standard InChI is InChI=1S/C41H47F2N3O5Si/c1-28-21-30-22-36-37(50-27-49-36)23-35(30)38(29-15-17-31(18-16-29)44-32-19-20-45(24-32)39(47)48)46(28)25-41(42,43)26-51-52(40(2,3)4,33-11-7-5-8-12-33)34-13-9-6-10-14-34/h5-18,22-23,28,32,38,44H,19-21,24-27H2,1-4H3,(H,47,48)/t28-,32+,38-/m1/s1. The second-order valence-electron chi connectivity index (χ2n) is 15.3. The Bertz CT molecular complexity index is 1830. The number of likely N-dealkylation sites (tertiary alicyclic amines) is 1. The first-order valence-electron chi connectivity index (χ1n) is 18.0. The van der Waals surface area contributed by atoms with Gasteiger partial charge in [-0.1, -0.05) is 93.6 Å². The molecule has 3 aliphatic heterocycles. The average molecular weight is 728 g/mol. The maximum Gasteiger partial charge on any atom is 0.407 e. The van der Waals surface area contributed by atoms with Gasteiger partial charge in [-0.2, -0.15) is 0 Å². The number of nitrogens with one attached hydrogen (secondary N) is 1. The number of ether oxygens (including phenoxy) is 2. The van der Waals surface area contributed by atoms with Crippen molar-refractivity contribution in [2.75, 3.05) is 38.4 Å². The molecule has 4 aromatic rings. The molecule has 3 heterocycles. The van der Waals surface area contributed by atoms with E-state index >= 15 is 8.78 Å². The van der Waals surface area contributed by atoms with Crippen LogP contribution in [0.4, 0.5) is 19.3 Å². The number of anilines is 1. The van der Waals surface area contributed by atoms with Gasteiger partial charge in [0.2, 0.25) is 6.79 Å². The molecule has 8 nitrogen and oxygen atoms in total. The molecule has 0 bridgehead atoms. The molecule has 7 rings (SSSR count). The van der Waals surface area contributed by atoms with Crippen LogP contribution < -0.4 is 25.2 Å². The first-order chi connectivity index (χ1) is 24.8. The first kappa shape index (κ1) is 35.9. The summed E-state index contributed by atoms with van der Waals surface area (Å²) in [6, 6.07) is 30.9. The molecule has 3 aliphatic rings. The topological polar surface area (TPSA) is 83.5 Å². The Balaban J connectivity index is 1.19. The lowest BCUT2D eigenvalue weighted by atomic mass is 9.84. The van der Waals surface area contributed by atoms with Crippen LogP contribution in [0, 0.1) is 0 Å². The summed E-state index contributed by atoms with van der Waals surface area (Å²) in [4.78, 5) is 14.7. The molecule has 0 saturated carbocycles. The lowest BCUT2D eigenvalue weighted by Crippen LogP contribution is -2.67. The van der Waals surface area contributed by atoms with Gasteiger partial charge in [-0.3, -0.25) is 4.90 Å². The maximum atomic E-state index is 16.8. The fourth-order valence-electron chi connectivity index (χ4n) is 8.26. The van der Waals surface area contributed by atoms with Crippen molar-refractivity contribution in [2.45, 2.75) is 69.6 Å². The van der Waals surface area contributed by atoms with Crippen LogP contribution in [0.2, 0.25) is 5.04 Å². The summed E-state index contributed by atoms with van der Waals surface area (Å²) in [7, 11) is -3.20. The van der Waals surface area contributed by atoms with Crippen LogP contribution in [0.3, 0.4) is 0 Å². The Morgan fingerprint density at radius 2 is 1.56 bits per heavy atom. The molecule has 1 fully saturated rings. The van der Waals surface area contributed by atoms with Gasteiger partial charge in [-0.15, -0.1) is 0 Å². The minimum atomic E-state index is -3.20. The third-order valence-corrected chi connectivity index (χ3v) is 15.7. The van der Waals surface area contributed by atoms with Crippen LogP contribution in [-0.2, 0) is 10.8 Å². The molecule has 1 amide bonds. The SMILES string of the molecule is C[C@@H]1Cc2cc3c(cc2[C@@H](c2ccc(N[C@H]4CCN(C(=O)O)C4)cc2)N1CC(F)(F)CO[Si](c1ccccc1)(c1ccccc1)C(C)(C)C)OCO3. The van der Waals surface area contributed by atoms with Crippen LogP contribution in [0.5, 0.6) is 11.5 Å². The lowest BCUT2D eigenvalue weighted by Gasteiger charge is -2.46. The molecule has 0 unspecified atom stereocenters. The summed E-state index contributed by atoms with van der Waals surface area (Å²) in [6.07, 6.45) is 0.378. The predicted molar refractivity (Wildman–Crippen MR) is 201 cm³/mol. The summed E-state index contributed by atoms with van der Waals surface area (Å²) in [5, 5.41) is 14.3. The molecule has 0 aromatic heterocycles. The van der Waals surface area contributed by atoms with Crippen LogP contribution in [0.25, 0.3) is 0 Å². The van der Waals surface area contributed by atoms with Crippen molar-refractivity contribution in [3.8, 4) is 11.5 Å². The predicted octanol–water partition coefficient (Wildman–Crippen LogP) is 7.13. The Morgan fingerprint density at radius 3 is 2.13 bits per heavy atom. The number of carboxylic acid groups (broad SMARTS) is 1. The Morgan fingerprint density at radius 1 is 0.942 bits per heavy atom. The van der Waals surface area contributed by atoms with Crippen LogP contribution >= 0.6 is 0 Å². The number of hydrogen-bond acceptors (Lipinski definition) is 6. The fraction of sp³-hybridized carbons (Fsp3) is 0.390. The Hall–Kier alpha value is -4.45. The molecule has 3 atom stereocenters. The highest BCUT2D eigenvalue weighted by atomic mass is 28.4. The van der Waals surface area contributed by atoms with Crippen molar-refractivity contribution in [1.29, 1.82) is 0 Å². The molecular weight excluding hydrogens is 681 g/mol. The highest BCUT2D eigenvalue weighted by Gasteiger charge is 2.52. The van der Waals surface area contributed by atoms with E-state index in [-0.39, 0.29) is 18.9 Å². The normalized spacial score (nSPS) is 20.5. The van der Waals surface area contributed by atoms with Crippen LogP contribution in [-0.4, -0.2) is 80.4 Å². The quantitative estimate of drug-likeness (QED) is 0.168. The van der Waals surface area contributed by atoms with Gasteiger partial charge in [0.05, 0.1) is 19.2 Å². The van der Waals surface area contributed by atoms with Gasteiger partial charge in [0.25, 0.3) is 14.2 Å². The van der Waals surface area contributed by atoms with E-state index in [4.69, 9.17) is 13.9 Å². The second-order valence-corrected chi connectivity index (χ2v) is 19.6. The number of nitrogens with zero attached hydrogens (tertiary/aromatic N) is 2. The number of carbonyl (C=O) groups is 1. The molecule has 11 heteroatoms. The molecule has 4 aromatic carbocycles. The monoisotopic (exact) mass is 727 g/mol. The fourth-order valence-corrected chi connectivity index (χ4v) is 12.8. The molecule has 274 valence electrons. The molecular formula is C41H47F2N3O5Si. The molecule has 2 N–H and O–H groups in total. The van der Waals surface area contributed by atoms with Crippen molar-refractivity contribution >= 4 is 30.5 Å². The molecule has 1 saturated heterocycles. The molecule has 52 heavy (non-hydrogen) atoms. The van der Waals surface area contributed by atoms with Gasteiger partial charge in [0, 0.05) is 30.9 Å². The van der Waals surface area contributed by atoms with E-state index in [0.717, 1.165) is 32.8 Å². The second kappa shape index (κ2) is 14.2. The highest BCUT2D eigenvalue weighted by molar-refractivity contribution is 6.99. The van der Waals surface area contributed by atoms with Gasteiger partial charge in [0.1, 0.15) is 0 Å². The summed E-state index contributed by atoms with van der Waals surface area (Å²) in [5.41, 5.74) is 3.69. The van der Waals surface area contributed by atoms with E-state index < -0.39 is 44.6 Å². The highest BCUT2D eigenvalue weighted by Crippen LogP contribution is 2.46. The number of benzene rings is 4. The summed E-state index contributed by atoms with van der Waals surface area (Å²) in [5.74, 6) is -1.90. The van der Waals surface area contributed by atoms with E-state index in [2.05, 4.69) is 26.1 Å². The first-order valence-corrected chi connectivity index (χ1v) is 19.9. The smallest absolute Gasteiger partial charge is 0.407 e. The number of hydrogen-bond donors (Lipinski definition) is 2. The van der Waals surface area contributed by atoms with Crippen molar-refractivity contribution in [3.63, 3.8) is 0 Å². The van der Waals surface area contributed by atoms with E-state index in [1.54, 1.807) is 0 Å². The van der Waals surface area contributed by atoms with Crippen molar-refractivity contribution in [1.82, 2.24) is 9.80 Å². The third kappa shape index (κ3) is 7.01. The van der Waals surface area contributed by atoms with Crippen molar-refractivity contribution in [2.24, 2.45) is 0 Å². The zero-order valence-electron chi connectivity index (χ0n) is 30.1. The van der Waals surface area contributed by atoms with Crippen molar-refractivity contribution < 1.29 is 32.6 Å². The number of amides is 1. The number of fused-ring (bicyclic) bond motifs is 2. The van der Waals surface area contributed by atoms with Gasteiger partial charge in [-0.25, -0.2) is 13.6 Å². The number of alkyl halides is 2. The lowest BCUT2D eigenvalue weighted by molar-refractivity contribution is -0.0818. The van der Waals surface area contributed by atoms with E-state index in [9.17, 15) is 9.90 Å². The van der Waals surface area contributed by atoms with Gasteiger partial charge < -0.3 is 29.2 Å². The third-order valence-electron chi connectivity index (χ3n) is 10.7.